The van der Waals surface area contributed by atoms with E-state index in [1.165, 1.54) is 12.1 Å². The van der Waals surface area contributed by atoms with Gasteiger partial charge in [-0.3, -0.25) is 4.79 Å². The van der Waals surface area contributed by atoms with E-state index >= 15 is 0 Å². The van der Waals surface area contributed by atoms with Crippen molar-refractivity contribution < 1.29 is 18.7 Å². The van der Waals surface area contributed by atoms with E-state index in [-0.39, 0.29) is 18.9 Å². The number of halogens is 2. The fourth-order valence-corrected chi connectivity index (χ4v) is 2.97. The zero-order chi connectivity index (χ0) is 16.2. The monoisotopic (exact) mass is 307 g/mol. The first kappa shape index (κ1) is 16.4. The van der Waals surface area contributed by atoms with E-state index in [1.807, 2.05) is 0 Å². The molecule has 3 nitrogen and oxygen atoms in total. The van der Waals surface area contributed by atoms with Gasteiger partial charge in [0.2, 0.25) is 0 Å². The smallest absolute Gasteiger partial charge is 0.298 e. The highest BCUT2D eigenvalue weighted by atomic mass is 19.1. The van der Waals surface area contributed by atoms with Gasteiger partial charge in [-0.05, 0) is 43.7 Å². The molecule has 2 rings (SSSR count). The third kappa shape index (κ3) is 3.63. The number of piperidine rings is 1. The van der Waals surface area contributed by atoms with Crippen molar-refractivity contribution in [1.82, 2.24) is 4.90 Å². The second-order valence-corrected chi connectivity index (χ2v) is 5.78. The summed E-state index contributed by atoms with van der Waals surface area (Å²) < 4.78 is 26.9. The highest BCUT2D eigenvalue weighted by Crippen LogP contribution is 2.34. The van der Waals surface area contributed by atoms with E-state index in [9.17, 15) is 18.7 Å². The van der Waals surface area contributed by atoms with Crippen LogP contribution in [0.2, 0.25) is 0 Å². The lowest BCUT2D eigenvalue weighted by Crippen LogP contribution is -2.48. The third-order valence-corrected chi connectivity index (χ3v) is 4.10. The topological polar surface area (TPSA) is 40.5 Å². The van der Waals surface area contributed by atoms with Gasteiger partial charge < -0.3 is 10.0 Å². The van der Waals surface area contributed by atoms with Gasteiger partial charge in [-0.2, -0.15) is 0 Å². The summed E-state index contributed by atoms with van der Waals surface area (Å²) in [5.41, 5.74) is -0.256. The fraction of sp³-hybridized carbons (Fsp3) is 0.471. The van der Waals surface area contributed by atoms with E-state index in [0.717, 1.165) is 12.5 Å². The molecular formula is C17H19F2NO2. The number of benzene rings is 1. The number of carbonyl (C=O) groups is 1. The van der Waals surface area contributed by atoms with Crippen LogP contribution in [0.5, 0.6) is 0 Å². The maximum atomic E-state index is 13.9. The van der Waals surface area contributed by atoms with Crippen molar-refractivity contribution in [3.8, 4) is 11.8 Å². The number of likely N-dealkylation sites (tertiary alicyclic amines) is 1. The highest BCUT2D eigenvalue weighted by Gasteiger charge is 2.37. The average molecular weight is 307 g/mol. The number of carbonyl (C=O) groups excluding carboxylic acids is 1. The Morgan fingerprint density at radius 3 is 2.86 bits per heavy atom. The lowest BCUT2D eigenvalue weighted by Gasteiger charge is -2.41. The van der Waals surface area contributed by atoms with Crippen LogP contribution in [0.25, 0.3) is 0 Å². The molecule has 1 saturated heterocycles. The van der Waals surface area contributed by atoms with E-state index in [1.54, 1.807) is 11.8 Å². The van der Waals surface area contributed by atoms with Gasteiger partial charge in [0.25, 0.3) is 5.91 Å². The van der Waals surface area contributed by atoms with Gasteiger partial charge in [0, 0.05) is 24.6 Å². The van der Waals surface area contributed by atoms with Gasteiger partial charge in [0.1, 0.15) is 11.6 Å². The van der Waals surface area contributed by atoms with Crippen LogP contribution in [0, 0.1) is 28.9 Å². The molecule has 0 radical (unpaired) electrons. The first-order valence-corrected chi connectivity index (χ1v) is 7.26. The van der Waals surface area contributed by atoms with E-state index < -0.39 is 17.0 Å². The van der Waals surface area contributed by atoms with Crippen LogP contribution >= 0.6 is 0 Å². The number of amides is 1. The van der Waals surface area contributed by atoms with E-state index in [2.05, 4.69) is 11.8 Å². The second-order valence-electron chi connectivity index (χ2n) is 5.78. The maximum absolute atomic E-state index is 13.9. The normalized spacial score (nSPS) is 21.2. The molecule has 5 heteroatoms. The average Bonchev–Trinajstić information content (AvgIpc) is 2.51. The molecule has 1 aliphatic rings. The molecule has 1 aromatic carbocycles. The Morgan fingerprint density at radius 1 is 1.45 bits per heavy atom. The Labute approximate surface area is 128 Å². The molecule has 1 heterocycles. The lowest BCUT2D eigenvalue weighted by atomic mass is 9.75. The number of rotatable bonds is 3. The SMILES string of the molecule is CC#CC(=O)N1CCC[C@@](CO)(Cc2ccc(F)cc2F)C1. The van der Waals surface area contributed by atoms with Gasteiger partial charge in [-0.25, -0.2) is 8.78 Å². The summed E-state index contributed by atoms with van der Waals surface area (Å²) in [5, 5.41) is 9.81. The summed E-state index contributed by atoms with van der Waals surface area (Å²) in [6.07, 6.45) is 1.67. The van der Waals surface area contributed by atoms with Crippen LogP contribution in [0.1, 0.15) is 25.3 Å². The molecule has 0 aliphatic carbocycles. The van der Waals surface area contributed by atoms with Gasteiger partial charge in [-0.1, -0.05) is 12.0 Å². The van der Waals surface area contributed by atoms with E-state index in [4.69, 9.17) is 0 Å². The summed E-state index contributed by atoms with van der Waals surface area (Å²) in [5.74, 6) is 3.54. The predicted molar refractivity (Wildman–Crippen MR) is 78.8 cm³/mol. The Kier molecular flexibility index (Phi) is 5.15. The number of aliphatic hydroxyl groups excluding tert-OH is 1. The molecule has 0 spiro atoms. The van der Waals surface area contributed by atoms with Crippen molar-refractivity contribution in [2.24, 2.45) is 5.41 Å². The molecule has 22 heavy (non-hydrogen) atoms. The Balaban J connectivity index is 2.20. The minimum atomic E-state index is -0.627. The molecule has 0 aromatic heterocycles. The van der Waals surface area contributed by atoms with Crippen LogP contribution in [-0.2, 0) is 11.2 Å². The van der Waals surface area contributed by atoms with Crippen LogP contribution in [0.15, 0.2) is 18.2 Å². The van der Waals surface area contributed by atoms with Crippen LogP contribution < -0.4 is 0 Å². The van der Waals surface area contributed by atoms with Crippen molar-refractivity contribution in [2.75, 3.05) is 19.7 Å². The van der Waals surface area contributed by atoms with Crippen LogP contribution in [-0.4, -0.2) is 35.6 Å². The first-order chi connectivity index (χ1) is 10.5. The molecule has 0 bridgehead atoms. The summed E-state index contributed by atoms with van der Waals surface area (Å²) >= 11 is 0. The molecule has 1 atom stereocenters. The molecule has 0 unspecified atom stereocenters. The number of hydrogen-bond donors (Lipinski definition) is 1. The summed E-state index contributed by atoms with van der Waals surface area (Å²) in [6, 6.07) is 3.45. The molecule has 1 aromatic rings. The number of aliphatic hydroxyl groups is 1. The molecular weight excluding hydrogens is 288 g/mol. The van der Waals surface area contributed by atoms with Gasteiger partial charge >= 0.3 is 0 Å². The summed E-state index contributed by atoms with van der Waals surface area (Å²) in [6.45, 7) is 2.34. The van der Waals surface area contributed by atoms with Crippen LogP contribution in [0.3, 0.4) is 0 Å². The molecule has 1 fully saturated rings. The molecule has 1 N–H and O–H groups in total. The maximum Gasteiger partial charge on any atom is 0.298 e. The Morgan fingerprint density at radius 2 is 2.23 bits per heavy atom. The molecule has 1 aliphatic heterocycles. The van der Waals surface area contributed by atoms with Crippen molar-refractivity contribution in [3.05, 3.63) is 35.4 Å². The van der Waals surface area contributed by atoms with Gasteiger partial charge in [0.05, 0.1) is 6.61 Å². The Hall–Kier alpha value is -1.93. The fourth-order valence-electron chi connectivity index (χ4n) is 2.97. The zero-order valence-electron chi connectivity index (χ0n) is 12.5. The summed E-state index contributed by atoms with van der Waals surface area (Å²) in [4.78, 5) is 13.5. The van der Waals surface area contributed by atoms with E-state index in [0.29, 0.717) is 25.1 Å². The quantitative estimate of drug-likeness (QED) is 0.869. The van der Waals surface area contributed by atoms with Crippen molar-refractivity contribution in [1.29, 1.82) is 0 Å². The highest BCUT2D eigenvalue weighted by molar-refractivity contribution is 5.93. The second kappa shape index (κ2) is 6.89. The van der Waals surface area contributed by atoms with Gasteiger partial charge in [-0.15, -0.1) is 0 Å². The Bertz CT molecular complexity index is 621. The molecule has 1 amide bonds. The molecule has 0 saturated carbocycles. The molecule has 118 valence electrons. The number of hydrogen-bond acceptors (Lipinski definition) is 2. The summed E-state index contributed by atoms with van der Waals surface area (Å²) in [7, 11) is 0. The standard InChI is InChI=1S/C17H19F2NO2/c1-2-4-16(22)20-8-3-7-17(11-20,12-21)10-13-5-6-14(18)9-15(13)19/h5-6,9,21H,3,7-8,10-12H2,1H3/t17-/m1/s1. The van der Waals surface area contributed by atoms with Crippen molar-refractivity contribution >= 4 is 5.91 Å². The van der Waals surface area contributed by atoms with Gasteiger partial charge in [0.15, 0.2) is 0 Å². The zero-order valence-corrected chi connectivity index (χ0v) is 12.5. The lowest BCUT2D eigenvalue weighted by molar-refractivity contribution is -0.129. The number of nitrogens with zero attached hydrogens (tertiary/aromatic N) is 1. The minimum absolute atomic E-state index is 0.160. The third-order valence-electron chi connectivity index (χ3n) is 4.10. The largest absolute Gasteiger partial charge is 0.396 e. The van der Waals surface area contributed by atoms with Crippen molar-refractivity contribution in [3.63, 3.8) is 0 Å². The minimum Gasteiger partial charge on any atom is -0.396 e. The van der Waals surface area contributed by atoms with Crippen molar-refractivity contribution in [2.45, 2.75) is 26.2 Å². The predicted octanol–water partition coefficient (Wildman–Crippen LogP) is 2.13. The van der Waals surface area contributed by atoms with Crippen LogP contribution in [0.4, 0.5) is 8.78 Å². The first-order valence-electron chi connectivity index (χ1n) is 7.26.